The molecule has 31 heavy (non-hydrogen) atoms. The van der Waals surface area contributed by atoms with Crippen LogP contribution in [0.4, 0.5) is 5.13 Å². The molecule has 1 unspecified atom stereocenters. The maximum Gasteiger partial charge on any atom is 0.277 e. The van der Waals surface area contributed by atoms with Crippen LogP contribution in [0.5, 0.6) is 0 Å². The van der Waals surface area contributed by atoms with Crippen molar-refractivity contribution in [1.29, 1.82) is 0 Å². The van der Waals surface area contributed by atoms with Gasteiger partial charge in [0.25, 0.3) is 11.1 Å². The van der Waals surface area contributed by atoms with Gasteiger partial charge in [-0.25, -0.2) is 4.98 Å². The minimum absolute atomic E-state index is 0.175. The van der Waals surface area contributed by atoms with Crippen molar-refractivity contribution in [2.75, 3.05) is 5.32 Å². The molecule has 154 valence electrons. The van der Waals surface area contributed by atoms with E-state index in [-0.39, 0.29) is 5.91 Å². The first-order valence-electron chi connectivity index (χ1n) is 9.56. The zero-order valence-corrected chi connectivity index (χ0v) is 18.0. The first-order valence-corrected chi connectivity index (χ1v) is 11.3. The maximum absolute atomic E-state index is 12.6. The molecule has 9 heteroatoms. The quantitative estimate of drug-likeness (QED) is 0.336. The number of fused-ring (bicyclic) bond motifs is 1. The first kappa shape index (κ1) is 19.5. The number of benzene rings is 2. The van der Waals surface area contributed by atoms with Gasteiger partial charge in [-0.1, -0.05) is 60.3 Å². The number of carbonyl (C=O) groups excluding carboxylic acids is 1. The third-order valence-electron chi connectivity index (χ3n) is 4.68. The number of anilines is 1. The van der Waals surface area contributed by atoms with Crippen LogP contribution in [0.15, 0.2) is 75.8 Å². The fourth-order valence-electron chi connectivity index (χ4n) is 3.10. The molecular weight excluding hydrogens is 430 g/mol. The van der Waals surface area contributed by atoms with Crippen LogP contribution in [-0.2, 0) is 4.79 Å². The molecule has 0 radical (unpaired) electrons. The van der Waals surface area contributed by atoms with Crippen LogP contribution in [0, 0.1) is 0 Å². The number of amides is 1. The Bertz CT molecular complexity index is 1340. The summed E-state index contributed by atoms with van der Waals surface area (Å²) in [7, 11) is 0. The third kappa shape index (κ3) is 4.10. The summed E-state index contributed by atoms with van der Waals surface area (Å²) in [6.07, 6.45) is 1.84. The van der Waals surface area contributed by atoms with Gasteiger partial charge in [0.2, 0.25) is 5.91 Å². The Hall–Kier alpha value is -3.43. The molecule has 2 aromatic carbocycles. The van der Waals surface area contributed by atoms with E-state index in [0.717, 1.165) is 27.7 Å². The monoisotopic (exact) mass is 447 g/mol. The van der Waals surface area contributed by atoms with Crippen molar-refractivity contribution in [3.63, 3.8) is 0 Å². The van der Waals surface area contributed by atoms with Crippen LogP contribution >= 0.6 is 23.1 Å². The number of hydrogen-bond acceptors (Lipinski definition) is 7. The molecule has 3 heterocycles. The second-order valence-electron chi connectivity index (χ2n) is 6.77. The second-order valence-corrected chi connectivity index (χ2v) is 8.92. The second kappa shape index (κ2) is 8.37. The van der Waals surface area contributed by atoms with Gasteiger partial charge >= 0.3 is 0 Å². The highest BCUT2D eigenvalue weighted by Gasteiger charge is 2.21. The molecule has 0 spiro atoms. The zero-order chi connectivity index (χ0) is 21.2. The van der Waals surface area contributed by atoms with E-state index >= 15 is 0 Å². The maximum atomic E-state index is 12.6. The average Bonchev–Trinajstić information content (AvgIpc) is 3.54. The lowest BCUT2D eigenvalue weighted by Crippen LogP contribution is -2.22. The van der Waals surface area contributed by atoms with E-state index < -0.39 is 5.25 Å². The van der Waals surface area contributed by atoms with Crippen LogP contribution in [0.1, 0.15) is 6.92 Å². The number of aromatic amines is 1. The molecule has 0 aliphatic rings. The lowest BCUT2D eigenvalue weighted by molar-refractivity contribution is -0.115. The summed E-state index contributed by atoms with van der Waals surface area (Å²) in [5.41, 5.74) is 3.68. The van der Waals surface area contributed by atoms with Crippen molar-refractivity contribution in [2.24, 2.45) is 0 Å². The first-order chi connectivity index (χ1) is 15.2. The Morgan fingerprint density at radius 1 is 1.13 bits per heavy atom. The number of hydrogen-bond donors (Lipinski definition) is 2. The highest BCUT2D eigenvalue weighted by Crippen LogP contribution is 2.31. The molecule has 0 bridgehead atoms. The lowest BCUT2D eigenvalue weighted by Gasteiger charge is -2.07. The Balaban J connectivity index is 1.25. The van der Waals surface area contributed by atoms with E-state index in [1.807, 2.05) is 66.2 Å². The summed E-state index contributed by atoms with van der Waals surface area (Å²) < 4.78 is 5.80. The number of nitrogens with zero attached hydrogens (tertiary/aromatic N) is 3. The van der Waals surface area contributed by atoms with Crippen LogP contribution in [0.25, 0.3) is 33.6 Å². The SMILES string of the molecule is CC(Sc1nnc(-c2c[nH]c3ccccc23)o1)C(=O)Nc1nc(-c2ccccc2)cs1. The number of aromatic nitrogens is 4. The largest absolute Gasteiger partial charge is 0.411 e. The highest BCUT2D eigenvalue weighted by molar-refractivity contribution is 8.00. The molecule has 0 aliphatic carbocycles. The van der Waals surface area contributed by atoms with Gasteiger partial charge in [-0.2, -0.15) is 0 Å². The molecule has 5 rings (SSSR count). The molecular formula is C22H17N5O2S2. The minimum atomic E-state index is -0.430. The molecule has 5 aromatic rings. The number of nitrogens with one attached hydrogen (secondary N) is 2. The number of para-hydroxylation sites is 1. The number of rotatable bonds is 6. The van der Waals surface area contributed by atoms with Crippen LogP contribution in [0.3, 0.4) is 0 Å². The Kier molecular flexibility index (Phi) is 5.27. The van der Waals surface area contributed by atoms with E-state index in [4.69, 9.17) is 4.42 Å². The smallest absolute Gasteiger partial charge is 0.277 e. The predicted octanol–water partition coefficient (Wildman–Crippen LogP) is 5.46. The van der Waals surface area contributed by atoms with Crippen molar-refractivity contribution in [3.8, 4) is 22.7 Å². The normalized spacial score (nSPS) is 12.2. The van der Waals surface area contributed by atoms with Crippen molar-refractivity contribution in [2.45, 2.75) is 17.4 Å². The van der Waals surface area contributed by atoms with Crippen LogP contribution < -0.4 is 5.32 Å². The van der Waals surface area contributed by atoms with Gasteiger partial charge in [-0.15, -0.1) is 21.5 Å². The van der Waals surface area contributed by atoms with Crippen molar-refractivity contribution < 1.29 is 9.21 Å². The van der Waals surface area contributed by atoms with Gasteiger partial charge in [0, 0.05) is 28.0 Å². The minimum Gasteiger partial charge on any atom is -0.411 e. The van der Waals surface area contributed by atoms with Gasteiger partial charge in [0.1, 0.15) is 0 Å². The molecule has 2 N–H and O–H groups in total. The molecule has 0 saturated carbocycles. The number of thioether (sulfide) groups is 1. The number of thiazole rings is 1. The van der Waals surface area contributed by atoms with Crippen LogP contribution in [0.2, 0.25) is 0 Å². The lowest BCUT2D eigenvalue weighted by atomic mass is 10.2. The van der Waals surface area contributed by atoms with E-state index in [1.165, 1.54) is 23.1 Å². The standard InChI is InChI=1S/C22H17N5O2S2/c1-13(19(28)25-21-24-18(12-30-21)14-7-3-2-4-8-14)31-22-27-26-20(29-22)16-11-23-17-10-6-5-9-15(16)17/h2-13,23H,1H3,(H,24,25,28). The summed E-state index contributed by atoms with van der Waals surface area (Å²) in [5, 5.41) is 14.5. The topological polar surface area (TPSA) is 96.7 Å². The molecule has 1 atom stereocenters. The summed E-state index contributed by atoms with van der Waals surface area (Å²) in [5.74, 6) is 0.241. The Labute approximate surface area is 185 Å². The molecule has 1 amide bonds. The number of H-pyrrole nitrogens is 1. The van der Waals surface area contributed by atoms with Gasteiger partial charge in [-0.05, 0) is 13.0 Å². The van der Waals surface area contributed by atoms with Gasteiger partial charge in [0.05, 0.1) is 16.5 Å². The van der Waals surface area contributed by atoms with E-state index in [1.54, 1.807) is 6.92 Å². The molecule has 0 aliphatic heterocycles. The fourth-order valence-corrected chi connectivity index (χ4v) is 4.51. The van der Waals surface area contributed by atoms with E-state index in [0.29, 0.717) is 16.2 Å². The zero-order valence-electron chi connectivity index (χ0n) is 16.4. The number of carbonyl (C=O) groups is 1. The summed E-state index contributed by atoms with van der Waals surface area (Å²) in [4.78, 5) is 20.3. The van der Waals surface area contributed by atoms with Gasteiger partial charge < -0.3 is 14.7 Å². The Morgan fingerprint density at radius 3 is 2.81 bits per heavy atom. The molecule has 0 saturated heterocycles. The average molecular weight is 448 g/mol. The summed E-state index contributed by atoms with van der Waals surface area (Å²) >= 11 is 2.60. The third-order valence-corrected chi connectivity index (χ3v) is 6.37. The van der Waals surface area contributed by atoms with Crippen LogP contribution in [-0.4, -0.2) is 31.3 Å². The van der Waals surface area contributed by atoms with E-state index in [2.05, 4.69) is 25.5 Å². The molecule has 7 nitrogen and oxygen atoms in total. The van der Waals surface area contributed by atoms with Crippen molar-refractivity contribution >= 4 is 45.0 Å². The highest BCUT2D eigenvalue weighted by atomic mass is 32.2. The predicted molar refractivity (Wildman–Crippen MR) is 123 cm³/mol. The summed E-state index contributed by atoms with van der Waals surface area (Å²) in [6, 6.07) is 17.7. The molecule has 3 aromatic heterocycles. The fraction of sp³-hybridized carbons (Fsp3) is 0.0909. The van der Waals surface area contributed by atoms with Gasteiger partial charge in [0.15, 0.2) is 5.13 Å². The van der Waals surface area contributed by atoms with Crippen molar-refractivity contribution in [1.82, 2.24) is 20.2 Å². The van der Waals surface area contributed by atoms with E-state index in [9.17, 15) is 4.79 Å². The van der Waals surface area contributed by atoms with Crippen molar-refractivity contribution in [3.05, 3.63) is 66.2 Å². The van der Waals surface area contributed by atoms with Gasteiger partial charge in [-0.3, -0.25) is 4.79 Å². The molecule has 0 fully saturated rings. The summed E-state index contributed by atoms with van der Waals surface area (Å²) in [6.45, 7) is 1.79. The Morgan fingerprint density at radius 2 is 1.94 bits per heavy atom.